The molecule has 0 unspecified atom stereocenters. The van der Waals surface area contributed by atoms with E-state index in [-0.39, 0.29) is 16.8 Å². The molecule has 0 aromatic heterocycles. The third kappa shape index (κ3) is 2.13. The summed E-state index contributed by atoms with van der Waals surface area (Å²) in [6.45, 7) is 3.81. The number of benzene rings is 1. The van der Waals surface area contributed by atoms with E-state index in [0.717, 1.165) is 50.9 Å². The highest BCUT2D eigenvalue weighted by Crippen LogP contribution is 2.66. The molecule has 4 aliphatic rings. The fourth-order valence-electron chi connectivity index (χ4n) is 6.62. The minimum Gasteiger partial charge on any atom is -0.347 e. The van der Waals surface area contributed by atoms with E-state index in [1.165, 1.54) is 12.0 Å². The quantitative estimate of drug-likeness (QED) is 0.692. The smallest absolute Gasteiger partial charge is 0.263 e. The van der Waals surface area contributed by atoms with Crippen molar-refractivity contribution in [3.8, 4) is 0 Å². The monoisotopic (exact) mass is 348 g/mol. The van der Waals surface area contributed by atoms with E-state index in [0.29, 0.717) is 17.8 Å². The van der Waals surface area contributed by atoms with E-state index in [4.69, 9.17) is 9.47 Å². The third-order valence-corrected chi connectivity index (χ3v) is 7.80. The Kier molecular flexibility index (Phi) is 3.56. The maximum atomic E-state index is 13.0. The van der Waals surface area contributed by atoms with Crippen molar-refractivity contribution in [1.29, 1.82) is 0 Å². The average molecular weight is 348 g/mol. The van der Waals surface area contributed by atoms with Crippen molar-refractivity contribution in [2.24, 2.45) is 17.3 Å². The summed E-state index contributed by atoms with van der Waals surface area (Å²) in [5.74, 6) is 1.41. The van der Waals surface area contributed by atoms with Crippen LogP contribution in [0.15, 0.2) is 18.2 Å². The molecule has 4 atom stereocenters. The number of halogens is 2. The Morgan fingerprint density at radius 2 is 1.88 bits per heavy atom. The second-order valence-corrected chi connectivity index (χ2v) is 8.62. The van der Waals surface area contributed by atoms with Crippen molar-refractivity contribution in [3.63, 3.8) is 0 Å². The van der Waals surface area contributed by atoms with Gasteiger partial charge in [-0.2, -0.15) is 0 Å². The van der Waals surface area contributed by atoms with Crippen LogP contribution in [0.3, 0.4) is 0 Å². The molecule has 3 aliphatic carbocycles. The molecule has 0 radical (unpaired) electrons. The van der Waals surface area contributed by atoms with Gasteiger partial charge in [0.2, 0.25) is 0 Å². The van der Waals surface area contributed by atoms with Crippen molar-refractivity contribution in [1.82, 2.24) is 0 Å². The van der Waals surface area contributed by atoms with Crippen molar-refractivity contribution >= 4 is 0 Å². The average Bonchev–Trinajstić information content (AvgIpc) is 3.21. The Hall–Kier alpha value is -1.00. The summed E-state index contributed by atoms with van der Waals surface area (Å²) in [4.78, 5) is 0. The Bertz CT molecular complexity index is 682. The van der Waals surface area contributed by atoms with Crippen molar-refractivity contribution < 1.29 is 18.3 Å². The van der Waals surface area contributed by atoms with E-state index in [9.17, 15) is 8.78 Å². The zero-order chi connectivity index (χ0) is 17.2. The maximum Gasteiger partial charge on any atom is 0.263 e. The predicted octanol–water partition coefficient (Wildman–Crippen LogP) is 5.22. The number of alkyl halides is 2. The van der Waals surface area contributed by atoms with Crippen LogP contribution in [0.5, 0.6) is 0 Å². The first kappa shape index (κ1) is 16.2. The highest BCUT2D eigenvalue weighted by atomic mass is 19.3. The number of aryl methyl sites for hydroxylation is 1. The molecule has 3 fully saturated rings. The molecule has 4 heteroatoms. The van der Waals surface area contributed by atoms with E-state index in [1.54, 1.807) is 12.1 Å². The molecule has 1 aromatic carbocycles. The summed E-state index contributed by atoms with van der Waals surface area (Å²) >= 11 is 0. The first-order valence-electron chi connectivity index (χ1n) is 9.73. The summed E-state index contributed by atoms with van der Waals surface area (Å²) in [7, 11) is 0. The second-order valence-electron chi connectivity index (χ2n) is 8.62. The number of hydrogen-bond acceptors (Lipinski definition) is 2. The topological polar surface area (TPSA) is 18.5 Å². The molecule has 2 nitrogen and oxygen atoms in total. The standard InChI is InChI=1S/C21H26F2O2/c1-20-8-6-16-15-4-3-14(19(22)23)12-13(15)2-5-17(16)18(20)7-9-21(20)24-10-11-25-21/h3-4,12,16-19H,2,5-11H2,1H3/t16-,17-,18+,20+/m1/s1. The van der Waals surface area contributed by atoms with Crippen molar-refractivity contribution in [3.05, 3.63) is 34.9 Å². The van der Waals surface area contributed by atoms with Crippen LogP contribution >= 0.6 is 0 Å². The van der Waals surface area contributed by atoms with E-state index in [1.807, 2.05) is 6.07 Å². The van der Waals surface area contributed by atoms with Crippen molar-refractivity contribution in [2.45, 2.75) is 63.6 Å². The molecule has 0 bridgehead atoms. The molecule has 136 valence electrons. The molecule has 1 spiro atoms. The normalized spacial score (nSPS) is 38.6. The molecular weight excluding hydrogens is 322 g/mol. The zero-order valence-corrected chi connectivity index (χ0v) is 14.8. The van der Waals surface area contributed by atoms with Crippen LogP contribution in [-0.4, -0.2) is 19.0 Å². The Labute approximate surface area is 147 Å². The lowest BCUT2D eigenvalue weighted by atomic mass is 9.55. The van der Waals surface area contributed by atoms with Gasteiger partial charge < -0.3 is 9.47 Å². The Balaban J connectivity index is 1.48. The van der Waals surface area contributed by atoms with Gasteiger partial charge in [-0.05, 0) is 67.1 Å². The lowest BCUT2D eigenvalue weighted by Crippen LogP contribution is -2.51. The first-order chi connectivity index (χ1) is 12.0. The molecule has 2 saturated carbocycles. The van der Waals surface area contributed by atoms with Gasteiger partial charge in [-0.3, -0.25) is 0 Å². The molecular formula is C21H26F2O2. The van der Waals surface area contributed by atoms with Gasteiger partial charge in [-0.15, -0.1) is 0 Å². The molecule has 1 saturated heterocycles. The number of rotatable bonds is 1. The van der Waals surface area contributed by atoms with Crippen LogP contribution in [0, 0.1) is 17.3 Å². The van der Waals surface area contributed by atoms with Gasteiger partial charge in [0.25, 0.3) is 6.43 Å². The fraction of sp³-hybridized carbons (Fsp3) is 0.714. The summed E-state index contributed by atoms with van der Waals surface area (Å²) in [6.07, 6.45) is 4.07. The van der Waals surface area contributed by atoms with Crippen LogP contribution in [-0.2, 0) is 15.9 Å². The third-order valence-electron chi connectivity index (χ3n) is 7.80. The van der Waals surface area contributed by atoms with E-state index >= 15 is 0 Å². The molecule has 25 heavy (non-hydrogen) atoms. The van der Waals surface area contributed by atoms with Crippen LogP contribution < -0.4 is 0 Å². The zero-order valence-electron chi connectivity index (χ0n) is 14.8. The largest absolute Gasteiger partial charge is 0.347 e. The van der Waals surface area contributed by atoms with Gasteiger partial charge in [-0.25, -0.2) is 8.78 Å². The summed E-state index contributed by atoms with van der Waals surface area (Å²) in [6, 6.07) is 5.38. The first-order valence-corrected chi connectivity index (χ1v) is 9.73. The molecule has 5 rings (SSSR count). The highest BCUT2D eigenvalue weighted by Gasteiger charge is 2.64. The number of ether oxygens (including phenoxy) is 2. The van der Waals surface area contributed by atoms with Gasteiger partial charge in [-0.1, -0.05) is 19.1 Å². The molecule has 1 aliphatic heterocycles. The van der Waals surface area contributed by atoms with Crippen LogP contribution in [0.2, 0.25) is 0 Å². The minimum absolute atomic E-state index is 0.102. The van der Waals surface area contributed by atoms with Gasteiger partial charge in [0.1, 0.15) is 0 Å². The van der Waals surface area contributed by atoms with E-state index in [2.05, 4.69) is 6.92 Å². The maximum absolute atomic E-state index is 13.0. The van der Waals surface area contributed by atoms with Crippen LogP contribution in [0.1, 0.15) is 68.1 Å². The van der Waals surface area contributed by atoms with Gasteiger partial charge in [0.15, 0.2) is 5.79 Å². The molecule has 1 aromatic rings. The minimum atomic E-state index is -2.37. The molecule has 0 N–H and O–H groups in total. The van der Waals surface area contributed by atoms with Gasteiger partial charge in [0.05, 0.1) is 13.2 Å². The summed E-state index contributed by atoms with van der Waals surface area (Å²) in [5, 5.41) is 0. The number of hydrogen-bond donors (Lipinski definition) is 0. The van der Waals surface area contributed by atoms with E-state index < -0.39 is 6.43 Å². The Morgan fingerprint density at radius 3 is 2.64 bits per heavy atom. The second kappa shape index (κ2) is 5.50. The molecule has 1 heterocycles. The predicted molar refractivity (Wildman–Crippen MR) is 90.7 cm³/mol. The summed E-state index contributed by atoms with van der Waals surface area (Å²) in [5.41, 5.74) is 2.76. The lowest BCUT2D eigenvalue weighted by Gasteiger charge is -2.52. The van der Waals surface area contributed by atoms with Crippen molar-refractivity contribution in [2.75, 3.05) is 13.2 Å². The lowest BCUT2D eigenvalue weighted by molar-refractivity contribution is -0.237. The van der Waals surface area contributed by atoms with Crippen LogP contribution in [0.4, 0.5) is 8.78 Å². The molecule has 0 amide bonds. The van der Waals surface area contributed by atoms with Crippen LogP contribution in [0.25, 0.3) is 0 Å². The fourth-order valence-corrected chi connectivity index (χ4v) is 6.62. The Morgan fingerprint density at radius 1 is 1.08 bits per heavy atom. The summed E-state index contributed by atoms with van der Waals surface area (Å²) < 4.78 is 38.4. The van der Waals surface area contributed by atoms with Gasteiger partial charge >= 0.3 is 0 Å². The number of fused-ring (bicyclic) bond motifs is 6. The van der Waals surface area contributed by atoms with Gasteiger partial charge in [0, 0.05) is 17.4 Å². The highest BCUT2D eigenvalue weighted by molar-refractivity contribution is 5.38. The SMILES string of the molecule is C[C@]12CC[C@@H]3c4ccc(C(F)F)cc4CC[C@H]3[C@@H]1CCC21OCCO1.